The molecule has 3 nitrogen and oxygen atoms in total. The summed E-state index contributed by atoms with van der Waals surface area (Å²) in [5, 5.41) is 18.2. The van der Waals surface area contributed by atoms with E-state index in [9.17, 15) is 5.11 Å². The first-order valence-electron chi connectivity index (χ1n) is 5.83. The lowest BCUT2D eigenvalue weighted by Crippen LogP contribution is -1.97. The zero-order valence-electron chi connectivity index (χ0n) is 10.2. The Kier molecular flexibility index (Phi) is 3.59. The Hall–Kier alpha value is -2.34. The number of aromatic nitrogens is 1. The number of nitrogens with zero attached hydrogens (tertiary/aromatic N) is 2. The van der Waals surface area contributed by atoms with E-state index in [2.05, 4.69) is 24.0 Å². The van der Waals surface area contributed by atoms with E-state index >= 15 is 0 Å². The van der Waals surface area contributed by atoms with Crippen molar-refractivity contribution in [3.63, 3.8) is 0 Å². The molecule has 0 atom stereocenters. The normalized spacial score (nSPS) is 10.0. The van der Waals surface area contributed by atoms with Crippen LogP contribution in [0.25, 0.3) is 0 Å². The molecule has 0 spiro atoms. The molecule has 0 saturated heterocycles. The number of hydrogen-bond donors (Lipinski definition) is 1. The van der Waals surface area contributed by atoms with Gasteiger partial charge < -0.3 is 5.11 Å². The van der Waals surface area contributed by atoms with Crippen molar-refractivity contribution in [3.8, 4) is 11.8 Å². The molecule has 0 amide bonds. The third kappa shape index (κ3) is 2.67. The molecule has 1 aromatic heterocycles. The molecule has 18 heavy (non-hydrogen) atoms. The first kappa shape index (κ1) is 12.1. The summed E-state index contributed by atoms with van der Waals surface area (Å²) in [5.74, 6) is -0.0582. The second-order valence-corrected chi connectivity index (χ2v) is 4.23. The van der Waals surface area contributed by atoms with E-state index < -0.39 is 0 Å². The number of aryl methyl sites for hydroxylation is 3. The summed E-state index contributed by atoms with van der Waals surface area (Å²) in [6.07, 6.45) is 2.99. The molecule has 90 valence electrons. The average Bonchev–Trinajstić information content (AvgIpc) is 2.39. The summed E-state index contributed by atoms with van der Waals surface area (Å²) in [5.41, 5.74) is 3.65. The van der Waals surface area contributed by atoms with Crippen molar-refractivity contribution < 1.29 is 5.11 Å². The molecule has 2 aromatic rings. The van der Waals surface area contributed by atoms with Gasteiger partial charge in [-0.25, -0.2) is 0 Å². The summed E-state index contributed by atoms with van der Waals surface area (Å²) in [6.45, 7) is 2.08. The van der Waals surface area contributed by atoms with Gasteiger partial charge in [0.05, 0.1) is 11.8 Å². The number of nitriles is 1. The Labute approximate surface area is 106 Å². The van der Waals surface area contributed by atoms with Crippen molar-refractivity contribution in [2.45, 2.75) is 19.8 Å². The smallest absolute Gasteiger partial charge is 0.151 e. The van der Waals surface area contributed by atoms with Crippen LogP contribution in [-0.2, 0) is 12.8 Å². The lowest BCUT2D eigenvalue weighted by Gasteiger charge is -2.05. The highest BCUT2D eigenvalue weighted by Crippen LogP contribution is 2.16. The Morgan fingerprint density at radius 1 is 1.28 bits per heavy atom. The number of benzene rings is 1. The highest BCUT2D eigenvalue weighted by atomic mass is 16.3. The SMILES string of the molecule is Cc1ccccc1CCc1cc(C#N)c(O)cn1. The zero-order chi connectivity index (χ0) is 13.0. The molecule has 0 saturated carbocycles. The Balaban J connectivity index is 2.12. The number of hydrogen-bond acceptors (Lipinski definition) is 3. The fourth-order valence-electron chi connectivity index (χ4n) is 1.87. The molecular formula is C15H14N2O. The van der Waals surface area contributed by atoms with Crippen LogP contribution in [0.3, 0.4) is 0 Å². The van der Waals surface area contributed by atoms with Crippen LogP contribution in [0.2, 0.25) is 0 Å². The molecule has 0 fully saturated rings. The van der Waals surface area contributed by atoms with Crippen molar-refractivity contribution in [1.82, 2.24) is 4.98 Å². The fourth-order valence-corrected chi connectivity index (χ4v) is 1.87. The predicted molar refractivity (Wildman–Crippen MR) is 69.2 cm³/mol. The van der Waals surface area contributed by atoms with Gasteiger partial charge in [0, 0.05) is 5.69 Å². The first-order valence-corrected chi connectivity index (χ1v) is 5.83. The lowest BCUT2D eigenvalue weighted by molar-refractivity contribution is 0.470. The Morgan fingerprint density at radius 2 is 2.06 bits per heavy atom. The van der Waals surface area contributed by atoms with Gasteiger partial charge in [0.25, 0.3) is 0 Å². The fraction of sp³-hybridized carbons (Fsp3) is 0.200. The van der Waals surface area contributed by atoms with Gasteiger partial charge in [-0.15, -0.1) is 0 Å². The maximum atomic E-state index is 9.38. The third-order valence-electron chi connectivity index (χ3n) is 2.97. The number of aromatic hydroxyl groups is 1. The van der Waals surface area contributed by atoms with E-state index in [1.54, 1.807) is 6.07 Å². The summed E-state index contributed by atoms with van der Waals surface area (Å²) in [7, 11) is 0. The van der Waals surface area contributed by atoms with Crippen LogP contribution >= 0.6 is 0 Å². The van der Waals surface area contributed by atoms with E-state index in [1.807, 2.05) is 18.2 Å². The van der Waals surface area contributed by atoms with Crippen molar-refractivity contribution >= 4 is 0 Å². The van der Waals surface area contributed by atoms with Gasteiger partial charge >= 0.3 is 0 Å². The molecular weight excluding hydrogens is 224 g/mol. The second-order valence-electron chi connectivity index (χ2n) is 4.23. The summed E-state index contributed by atoms with van der Waals surface area (Å²) >= 11 is 0. The maximum Gasteiger partial charge on any atom is 0.151 e. The Bertz CT molecular complexity index is 600. The summed E-state index contributed by atoms with van der Waals surface area (Å²) < 4.78 is 0. The average molecular weight is 238 g/mol. The molecule has 3 heteroatoms. The van der Waals surface area contributed by atoms with E-state index in [4.69, 9.17) is 5.26 Å². The molecule has 0 radical (unpaired) electrons. The van der Waals surface area contributed by atoms with Crippen LogP contribution in [0.1, 0.15) is 22.4 Å². The van der Waals surface area contributed by atoms with E-state index in [0.29, 0.717) is 0 Å². The molecule has 1 N–H and O–H groups in total. The van der Waals surface area contributed by atoms with Gasteiger partial charge in [0.2, 0.25) is 0 Å². The minimum atomic E-state index is -0.0582. The van der Waals surface area contributed by atoms with Crippen molar-refractivity contribution in [2.75, 3.05) is 0 Å². The van der Waals surface area contributed by atoms with Crippen LogP contribution in [0.15, 0.2) is 36.5 Å². The minimum absolute atomic E-state index is 0.0582. The van der Waals surface area contributed by atoms with Gasteiger partial charge in [0.1, 0.15) is 6.07 Å². The molecule has 2 rings (SSSR count). The monoisotopic (exact) mass is 238 g/mol. The number of pyridine rings is 1. The van der Waals surface area contributed by atoms with Crippen LogP contribution in [0, 0.1) is 18.3 Å². The van der Waals surface area contributed by atoms with Gasteiger partial charge in [-0.05, 0) is 37.0 Å². The third-order valence-corrected chi connectivity index (χ3v) is 2.97. The van der Waals surface area contributed by atoms with Gasteiger partial charge in [0.15, 0.2) is 5.75 Å². The standard InChI is InChI=1S/C15H14N2O/c1-11-4-2-3-5-12(11)6-7-14-8-13(9-16)15(18)10-17-14/h2-5,8,10,18H,6-7H2,1H3. The second kappa shape index (κ2) is 5.33. The topological polar surface area (TPSA) is 56.9 Å². The largest absolute Gasteiger partial charge is 0.505 e. The molecule has 0 aliphatic heterocycles. The number of rotatable bonds is 3. The molecule has 1 heterocycles. The van der Waals surface area contributed by atoms with E-state index in [-0.39, 0.29) is 11.3 Å². The zero-order valence-corrected chi connectivity index (χ0v) is 10.2. The van der Waals surface area contributed by atoms with Crippen LogP contribution in [-0.4, -0.2) is 10.1 Å². The summed E-state index contributed by atoms with van der Waals surface area (Å²) in [4.78, 5) is 4.13. The van der Waals surface area contributed by atoms with Crippen LogP contribution in [0.4, 0.5) is 0 Å². The van der Waals surface area contributed by atoms with Crippen molar-refractivity contribution in [2.24, 2.45) is 0 Å². The quantitative estimate of drug-likeness (QED) is 0.894. The van der Waals surface area contributed by atoms with Gasteiger partial charge in [-0.2, -0.15) is 5.26 Å². The maximum absolute atomic E-state index is 9.38. The van der Waals surface area contributed by atoms with Crippen LogP contribution in [0.5, 0.6) is 5.75 Å². The van der Waals surface area contributed by atoms with Crippen molar-refractivity contribution in [1.29, 1.82) is 5.26 Å². The highest BCUT2D eigenvalue weighted by molar-refractivity contribution is 5.41. The van der Waals surface area contributed by atoms with Crippen LogP contribution < -0.4 is 0 Å². The summed E-state index contributed by atoms with van der Waals surface area (Å²) in [6, 6.07) is 11.8. The van der Waals surface area contributed by atoms with E-state index in [0.717, 1.165) is 18.5 Å². The minimum Gasteiger partial charge on any atom is -0.505 e. The van der Waals surface area contributed by atoms with Gasteiger partial charge in [-0.1, -0.05) is 24.3 Å². The lowest BCUT2D eigenvalue weighted by atomic mass is 10.0. The molecule has 1 aromatic carbocycles. The molecule has 0 aliphatic carbocycles. The van der Waals surface area contributed by atoms with Gasteiger partial charge in [-0.3, -0.25) is 4.98 Å². The van der Waals surface area contributed by atoms with Crippen molar-refractivity contribution in [3.05, 3.63) is 58.9 Å². The molecule has 0 unspecified atom stereocenters. The van der Waals surface area contributed by atoms with E-state index in [1.165, 1.54) is 17.3 Å². The Morgan fingerprint density at radius 3 is 2.78 bits per heavy atom. The highest BCUT2D eigenvalue weighted by Gasteiger charge is 2.04. The molecule has 0 bridgehead atoms. The first-order chi connectivity index (χ1) is 8.70. The predicted octanol–water partition coefficient (Wildman–Crippen LogP) is 2.75. The molecule has 0 aliphatic rings.